The van der Waals surface area contributed by atoms with Gasteiger partial charge in [0.15, 0.2) is 11.6 Å². The lowest BCUT2D eigenvalue weighted by Crippen LogP contribution is -2.37. The van der Waals surface area contributed by atoms with Crippen LogP contribution in [0.2, 0.25) is 0 Å². The Kier molecular flexibility index (Phi) is 6.03. The Balaban J connectivity index is 1.33. The van der Waals surface area contributed by atoms with E-state index in [0.29, 0.717) is 29.4 Å². The van der Waals surface area contributed by atoms with Gasteiger partial charge in [-0.3, -0.25) is 9.58 Å². The molecule has 2 aliphatic carbocycles. The van der Waals surface area contributed by atoms with Crippen molar-refractivity contribution in [3.8, 4) is 17.0 Å². The van der Waals surface area contributed by atoms with E-state index >= 15 is 0 Å². The van der Waals surface area contributed by atoms with E-state index in [2.05, 4.69) is 51.2 Å². The zero-order chi connectivity index (χ0) is 23.3. The van der Waals surface area contributed by atoms with Gasteiger partial charge in [0.05, 0.1) is 5.69 Å². The maximum absolute atomic E-state index is 12.7. The van der Waals surface area contributed by atoms with E-state index in [1.165, 1.54) is 50.7 Å². The van der Waals surface area contributed by atoms with Crippen LogP contribution in [0.3, 0.4) is 0 Å². The topological polar surface area (TPSA) is 72.4 Å². The molecule has 0 bridgehead atoms. The van der Waals surface area contributed by atoms with Crippen LogP contribution in [-0.2, 0) is 0 Å². The lowest BCUT2D eigenvalue weighted by molar-refractivity contribution is -0.0494. The van der Waals surface area contributed by atoms with E-state index < -0.39 is 6.61 Å². The molecule has 180 valence electrons. The summed E-state index contributed by atoms with van der Waals surface area (Å²) >= 11 is 0. The molecule has 0 spiro atoms. The maximum Gasteiger partial charge on any atom is 0.387 e. The zero-order valence-electron chi connectivity index (χ0n) is 19.6. The van der Waals surface area contributed by atoms with Crippen molar-refractivity contribution in [2.45, 2.75) is 57.7 Å². The second kappa shape index (κ2) is 8.83. The molecule has 0 aromatic carbocycles. The normalized spacial score (nSPS) is 28.3. The van der Waals surface area contributed by atoms with E-state index in [0.717, 1.165) is 12.2 Å². The fourth-order valence-electron chi connectivity index (χ4n) is 5.98. The summed E-state index contributed by atoms with van der Waals surface area (Å²) in [7, 11) is 2.22. The fraction of sp³-hybridized carbons (Fsp3) is 0.667. The van der Waals surface area contributed by atoms with Gasteiger partial charge in [-0.05, 0) is 77.2 Å². The van der Waals surface area contributed by atoms with Gasteiger partial charge in [0.25, 0.3) is 0 Å². The predicted molar refractivity (Wildman–Crippen MR) is 123 cm³/mol. The van der Waals surface area contributed by atoms with Crippen LogP contribution >= 0.6 is 0 Å². The largest absolute Gasteiger partial charge is 0.431 e. The van der Waals surface area contributed by atoms with Gasteiger partial charge < -0.3 is 15.4 Å². The van der Waals surface area contributed by atoms with Crippen LogP contribution in [0, 0.1) is 11.8 Å². The SMILES string of the molecule is CC(C)n1nc(-c2cnc(N)c(OC(F)F)c2)cc1C1[C@H]2CC(N3CCCN(C)CC3)C[C@@H]12. The number of aromatic nitrogens is 3. The Morgan fingerprint density at radius 2 is 1.85 bits per heavy atom. The van der Waals surface area contributed by atoms with Crippen LogP contribution in [0.25, 0.3) is 11.3 Å². The number of fused-ring (bicyclic) bond motifs is 1. The van der Waals surface area contributed by atoms with E-state index in [9.17, 15) is 8.78 Å². The summed E-state index contributed by atoms with van der Waals surface area (Å²) < 4.78 is 32.1. The number of hydrogen-bond acceptors (Lipinski definition) is 6. The molecule has 1 saturated heterocycles. The number of hydrogen-bond donors (Lipinski definition) is 1. The Morgan fingerprint density at radius 1 is 1.09 bits per heavy atom. The standard InChI is InChI=1S/C24H34F2N6O/c1-14(2)32-20(12-19(29-32)15-9-21(33-24(25)26)23(27)28-13-15)22-17-10-16(11-18(17)22)31-6-4-5-30(3)7-8-31/h9,12-14,16-18,22,24H,4-8,10-11H2,1-3H3,(H2,27,28)/t16?,17-,18+,22?. The molecule has 2 aromatic rings. The van der Waals surface area contributed by atoms with Crippen molar-refractivity contribution in [3.63, 3.8) is 0 Å². The third kappa shape index (κ3) is 4.45. The van der Waals surface area contributed by atoms with Crippen molar-refractivity contribution < 1.29 is 13.5 Å². The molecule has 0 radical (unpaired) electrons. The minimum Gasteiger partial charge on any atom is -0.431 e. The van der Waals surface area contributed by atoms with Crippen LogP contribution in [0.4, 0.5) is 14.6 Å². The number of nitrogens with two attached hydrogens (primary N) is 1. The van der Waals surface area contributed by atoms with Gasteiger partial charge in [-0.1, -0.05) is 0 Å². The molecule has 5 rings (SSSR count). The maximum atomic E-state index is 12.7. The minimum atomic E-state index is -2.95. The lowest BCUT2D eigenvalue weighted by Gasteiger charge is -2.29. The first-order valence-electron chi connectivity index (χ1n) is 12.0. The molecular weight excluding hydrogens is 426 g/mol. The summed E-state index contributed by atoms with van der Waals surface area (Å²) in [6.07, 6.45) is 5.34. The number of likely N-dealkylation sites (N-methyl/N-ethyl adjacent to an activating group) is 1. The first-order valence-corrected chi connectivity index (χ1v) is 12.0. The third-order valence-corrected chi connectivity index (χ3v) is 7.68. The summed E-state index contributed by atoms with van der Waals surface area (Å²) in [6, 6.07) is 4.53. The van der Waals surface area contributed by atoms with Gasteiger partial charge in [-0.15, -0.1) is 0 Å². The number of ether oxygens (including phenoxy) is 1. The highest BCUT2D eigenvalue weighted by Gasteiger charge is 2.58. The van der Waals surface area contributed by atoms with Gasteiger partial charge in [0.2, 0.25) is 0 Å². The average Bonchev–Trinajstić information content (AvgIpc) is 3.10. The Morgan fingerprint density at radius 3 is 2.55 bits per heavy atom. The van der Waals surface area contributed by atoms with E-state index in [4.69, 9.17) is 10.8 Å². The molecule has 3 fully saturated rings. The van der Waals surface area contributed by atoms with Crippen molar-refractivity contribution in [1.29, 1.82) is 0 Å². The van der Waals surface area contributed by atoms with Crippen molar-refractivity contribution in [1.82, 2.24) is 24.6 Å². The van der Waals surface area contributed by atoms with Crippen LogP contribution in [0.15, 0.2) is 18.3 Å². The molecule has 2 unspecified atom stereocenters. The highest BCUT2D eigenvalue weighted by atomic mass is 19.3. The molecule has 33 heavy (non-hydrogen) atoms. The summed E-state index contributed by atoms with van der Waals surface area (Å²) in [5.41, 5.74) is 8.32. The fourth-order valence-corrected chi connectivity index (χ4v) is 5.98. The summed E-state index contributed by atoms with van der Waals surface area (Å²) in [5.74, 6) is 1.78. The number of alkyl halides is 2. The predicted octanol–water partition coefficient (Wildman–Crippen LogP) is 3.84. The number of pyridine rings is 1. The summed E-state index contributed by atoms with van der Waals surface area (Å²) in [5, 5.41) is 4.82. The molecule has 2 N–H and O–H groups in total. The summed E-state index contributed by atoms with van der Waals surface area (Å²) in [4.78, 5) is 9.19. The van der Waals surface area contributed by atoms with Crippen LogP contribution in [0.5, 0.6) is 5.75 Å². The van der Waals surface area contributed by atoms with Gasteiger partial charge >= 0.3 is 6.61 Å². The molecule has 7 nitrogen and oxygen atoms in total. The second-order valence-corrected chi connectivity index (χ2v) is 10.2. The second-order valence-electron chi connectivity index (χ2n) is 10.2. The van der Waals surface area contributed by atoms with Crippen molar-refractivity contribution in [3.05, 3.63) is 24.0 Å². The van der Waals surface area contributed by atoms with Gasteiger partial charge in [0, 0.05) is 48.5 Å². The minimum absolute atomic E-state index is 0.0509. The third-order valence-electron chi connectivity index (χ3n) is 7.68. The van der Waals surface area contributed by atoms with Crippen LogP contribution in [0.1, 0.15) is 50.8 Å². The van der Waals surface area contributed by atoms with E-state index in [1.54, 1.807) is 6.20 Å². The molecule has 3 aliphatic rings. The number of nitrogen functional groups attached to an aromatic ring is 1. The van der Waals surface area contributed by atoms with E-state index in [1.807, 2.05) is 0 Å². The Labute approximate surface area is 193 Å². The van der Waals surface area contributed by atoms with Gasteiger partial charge in [-0.25, -0.2) is 4.98 Å². The van der Waals surface area contributed by atoms with Crippen LogP contribution in [-0.4, -0.2) is 70.4 Å². The number of halogens is 2. The quantitative estimate of drug-likeness (QED) is 0.706. The smallest absolute Gasteiger partial charge is 0.387 e. The Bertz CT molecular complexity index is 983. The monoisotopic (exact) mass is 460 g/mol. The lowest BCUT2D eigenvalue weighted by atomic mass is 10.0. The molecule has 1 aliphatic heterocycles. The molecule has 2 aromatic heterocycles. The molecule has 0 amide bonds. The number of rotatable bonds is 6. The molecule has 3 heterocycles. The number of nitrogens with zero attached hydrogens (tertiary/aromatic N) is 5. The van der Waals surface area contributed by atoms with E-state index in [-0.39, 0.29) is 17.6 Å². The number of anilines is 1. The average molecular weight is 461 g/mol. The molecule has 2 saturated carbocycles. The molecule has 4 atom stereocenters. The van der Waals surface area contributed by atoms with Crippen molar-refractivity contribution in [2.75, 3.05) is 39.0 Å². The highest BCUT2D eigenvalue weighted by Crippen LogP contribution is 2.64. The van der Waals surface area contributed by atoms with Crippen LogP contribution < -0.4 is 10.5 Å². The first kappa shape index (κ1) is 22.5. The Hall–Kier alpha value is -2.26. The zero-order valence-corrected chi connectivity index (χ0v) is 19.6. The summed E-state index contributed by atoms with van der Waals surface area (Å²) in [6.45, 7) is 6.04. The van der Waals surface area contributed by atoms with Gasteiger partial charge in [-0.2, -0.15) is 13.9 Å². The van der Waals surface area contributed by atoms with Crippen molar-refractivity contribution >= 4 is 5.82 Å². The first-order chi connectivity index (χ1) is 15.8. The highest BCUT2D eigenvalue weighted by molar-refractivity contribution is 5.64. The van der Waals surface area contributed by atoms with Crippen molar-refractivity contribution in [2.24, 2.45) is 11.8 Å². The molecular formula is C24H34F2N6O. The molecule has 9 heteroatoms. The van der Waals surface area contributed by atoms with Gasteiger partial charge in [0.1, 0.15) is 0 Å².